The average Bonchev–Trinajstić information content (AvgIpc) is 1.98. The van der Waals surface area contributed by atoms with Crippen LogP contribution in [0.4, 0.5) is 0 Å². The average molecular weight is 175 g/mol. The molecule has 0 aromatic heterocycles. The van der Waals surface area contributed by atoms with Gasteiger partial charge in [0.15, 0.2) is 0 Å². The first kappa shape index (κ1) is 10.9. The number of carbonyl (C=O) groups is 2. The van der Waals surface area contributed by atoms with Crippen molar-refractivity contribution in [2.24, 2.45) is 23.1 Å². The molecular formula is C6H13N3O3. The molecule has 0 spiro atoms. The Morgan fingerprint density at radius 1 is 1.42 bits per heavy atom. The smallest absolute Gasteiger partial charge is 0.308 e. The van der Waals surface area contributed by atoms with Crippen LogP contribution in [0.15, 0.2) is 0 Å². The molecule has 0 aliphatic carbocycles. The molecule has 6 nitrogen and oxygen atoms in total. The monoisotopic (exact) mass is 175 g/mol. The fourth-order valence-electron chi connectivity index (χ4n) is 0.834. The van der Waals surface area contributed by atoms with Gasteiger partial charge in [0.2, 0.25) is 5.91 Å². The zero-order chi connectivity index (χ0) is 9.72. The predicted octanol–water partition coefficient (Wildman–Crippen LogP) is -2.15. The summed E-state index contributed by atoms with van der Waals surface area (Å²) in [6.45, 7) is 0.165. The molecule has 0 fully saturated rings. The molecular weight excluding hydrogens is 162 g/mol. The lowest BCUT2D eigenvalue weighted by Gasteiger charge is -2.15. The minimum atomic E-state index is -1.16. The molecule has 1 amide bonds. The summed E-state index contributed by atoms with van der Waals surface area (Å²) in [7, 11) is 0. The van der Waals surface area contributed by atoms with Crippen LogP contribution < -0.4 is 17.2 Å². The molecule has 2 atom stereocenters. The fourth-order valence-corrected chi connectivity index (χ4v) is 0.834. The number of rotatable bonds is 5. The van der Waals surface area contributed by atoms with E-state index in [1.807, 2.05) is 0 Å². The highest BCUT2D eigenvalue weighted by molar-refractivity contribution is 5.86. The second kappa shape index (κ2) is 4.68. The topological polar surface area (TPSA) is 132 Å². The van der Waals surface area contributed by atoms with Gasteiger partial charge < -0.3 is 22.3 Å². The molecule has 6 heteroatoms. The van der Waals surface area contributed by atoms with Gasteiger partial charge in [0.1, 0.15) is 0 Å². The van der Waals surface area contributed by atoms with Gasteiger partial charge in [-0.2, -0.15) is 0 Å². The highest BCUT2D eigenvalue weighted by Crippen LogP contribution is 2.06. The molecule has 0 aromatic rings. The van der Waals surface area contributed by atoms with Gasteiger partial charge in [-0.1, -0.05) is 0 Å². The molecule has 0 aromatic carbocycles. The molecule has 7 N–H and O–H groups in total. The molecule has 70 valence electrons. The van der Waals surface area contributed by atoms with Crippen molar-refractivity contribution in [3.8, 4) is 0 Å². The Hall–Kier alpha value is -1.14. The summed E-state index contributed by atoms with van der Waals surface area (Å²) in [4.78, 5) is 21.0. The summed E-state index contributed by atoms with van der Waals surface area (Å²) in [5, 5.41) is 8.58. The quantitative estimate of drug-likeness (QED) is 0.378. The summed E-state index contributed by atoms with van der Waals surface area (Å²) in [6, 6.07) is -1.16. The van der Waals surface area contributed by atoms with Crippen LogP contribution in [0.3, 0.4) is 0 Å². The number of carbonyl (C=O) groups excluding carboxylic acids is 1. The van der Waals surface area contributed by atoms with Crippen molar-refractivity contribution >= 4 is 11.9 Å². The van der Waals surface area contributed by atoms with E-state index in [0.29, 0.717) is 0 Å². The van der Waals surface area contributed by atoms with E-state index in [4.69, 9.17) is 22.3 Å². The van der Waals surface area contributed by atoms with Gasteiger partial charge in [-0.15, -0.1) is 0 Å². The van der Waals surface area contributed by atoms with Crippen LogP contribution in [0.25, 0.3) is 0 Å². The second-order valence-electron chi connectivity index (χ2n) is 2.45. The number of carboxylic acid groups (broad SMARTS) is 1. The van der Waals surface area contributed by atoms with Crippen LogP contribution in [0, 0.1) is 5.92 Å². The molecule has 0 radical (unpaired) electrons. The number of carboxylic acids is 1. The lowest BCUT2D eigenvalue weighted by atomic mass is 9.96. The number of aliphatic carboxylic acids is 1. The van der Waals surface area contributed by atoms with E-state index in [-0.39, 0.29) is 13.0 Å². The lowest BCUT2D eigenvalue weighted by Crippen LogP contribution is -2.46. The number of primary amides is 1. The van der Waals surface area contributed by atoms with Crippen LogP contribution in [0.1, 0.15) is 6.42 Å². The number of hydrogen-bond acceptors (Lipinski definition) is 4. The molecule has 0 saturated heterocycles. The molecule has 12 heavy (non-hydrogen) atoms. The van der Waals surface area contributed by atoms with Crippen LogP contribution in [-0.2, 0) is 9.59 Å². The Balaban J connectivity index is 4.28. The number of nitrogens with two attached hydrogens (primary N) is 3. The summed E-state index contributed by atoms with van der Waals surface area (Å²) in [5.41, 5.74) is 15.2. The van der Waals surface area contributed by atoms with Crippen LogP contribution in [0.5, 0.6) is 0 Å². The highest BCUT2D eigenvalue weighted by Gasteiger charge is 2.28. The van der Waals surface area contributed by atoms with Gasteiger partial charge in [0, 0.05) is 0 Å². The van der Waals surface area contributed by atoms with E-state index in [1.165, 1.54) is 0 Å². The van der Waals surface area contributed by atoms with E-state index in [1.54, 1.807) is 0 Å². The molecule has 0 heterocycles. The Morgan fingerprint density at radius 2 is 1.92 bits per heavy atom. The van der Waals surface area contributed by atoms with E-state index >= 15 is 0 Å². The van der Waals surface area contributed by atoms with E-state index < -0.39 is 23.8 Å². The summed E-state index contributed by atoms with van der Waals surface area (Å²) < 4.78 is 0. The third-order valence-corrected chi connectivity index (χ3v) is 1.56. The zero-order valence-corrected chi connectivity index (χ0v) is 6.56. The Kier molecular flexibility index (Phi) is 4.24. The van der Waals surface area contributed by atoms with Crippen molar-refractivity contribution in [1.29, 1.82) is 0 Å². The first-order valence-electron chi connectivity index (χ1n) is 3.48. The van der Waals surface area contributed by atoms with Crippen molar-refractivity contribution < 1.29 is 14.7 Å². The molecule has 2 unspecified atom stereocenters. The molecule has 0 bridgehead atoms. The number of hydrogen-bond donors (Lipinski definition) is 4. The molecule has 0 saturated carbocycles. The number of amides is 1. The summed E-state index contributed by atoms with van der Waals surface area (Å²) >= 11 is 0. The van der Waals surface area contributed by atoms with Gasteiger partial charge in [0.25, 0.3) is 0 Å². The van der Waals surface area contributed by atoms with Gasteiger partial charge in [-0.25, -0.2) is 0 Å². The Labute approximate surface area is 69.7 Å². The van der Waals surface area contributed by atoms with E-state index in [9.17, 15) is 9.59 Å². The van der Waals surface area contributed by atoms with Gasteiger partial charge in [-0.3, -0.25) is 9.59 Å². The van der Waals surface area contributed by atoms with Crippen molar-refractivity contribution in [2.45, 2.75) is 12.5 Å². The first-order chi connectivity index (χ1) is 5.50. The third kappa shape index (κ3) is 2.85. The van der Waals surface area contributed by atoms with E-state index in [0.717, 1.165) is 0 Å². The molecule has 0 rings (SSSR count). The molecule has 0 aliphatic heterocycles. The van der Waals surface area contributed by atoms with Crippen molar-refractivity contribution in [2.75, 3.05) is 6.54 Å². The maximum absolute atomic E-state index is 10.5. The Bertz CT molecular complexity index is 183. The largest absolute Gasteiger partial charge is 0.481 e. The minimum Gasteiger partial charge on any atom is -0.481 e. The van der Waals surface area contributed by atoms with E-state index in [2.05, 4.69) is 0 Å². The fraction of sp³-hybridized carbons (Fsp3) is 0.667. The predicted molar refractivity (Wildman–Crippen MR) is 42.0 cm³/mol. The van der Waals surface area contributed by atoms with Crippen LogP contribution >= 0.6 is 0 Å². The van der Waals surface area contributed by atoms with Gasteiger partial charge in [-0.05, 0) is 13.0 Å². The Morgan fingerprint density at radius 3 is 2.17 bits per heavy atom. The maximum atomic E-state index is 10.5. The zero-order valence-electron chi connectivity index (χ0n) is 6.56. The van der Waals surface area contributed by atoms with Crippen molar-refractivity contribution in [3.05, 3.63) is 0 Å². The summed E-state index contributed by atoms with van der Waals surface area (Å²) in [5.74, 6) is -2.95. The van der Waals surface area contributed by atoms with Crippen LogP contribution in [0.2, 0.25) is 0 Å². The van der Waals surface area contributed by atoms with Crippen molar-refractivity contribution in [1.82, 2.24) is 0 Å². The third-order valence-electron chi connectivity index (χ3n) is 1.56. The summed E-state index contributed by atoms with van der Waals surface area (Å²) in [6.07, 6.45) is 0.152. The normalized spacial score (nSPS) is 15.2. The first-order valence-corrected chi connectivity index (χ1v) is 3.48. The maximum Gasteiger partial charge on any atom is 0.308 e. The van der Waals surface area contributed by atoms with Crippen LogP contribution in [-0.4, -0.2) is 29.6 Å². The van der Waals surface area contributed by atoms with Gasteiger partial charge in [0.05, 0.1) is 12.0 Å². The minimum absolute atomic E-state index is 0.152. The van der Waals surface area contributed by atoms with Gasteiger partial charge >= 0.3 is 5.97 Å². The second-order valence-corrected chi connectivity index (χ2v) is 2.45. The standard InChI is InChI=1S/C6H13N3O3/c7-2-1-3(6(11)12)4(8)5(9)10/h3-4H,1-2,7-8H2,(H2,9,10)(H,11,12). The SMILES string of the molecule is NCCC(C(=O)O)C(N)C(N)=O. The highest BCUT2D eigenvalue weighted by atomic mass is 16.4. The lowest BCUT2D eigenvalue weighted by molar-refractivity contribution is -0.144. The van der Waals surface area contributed by atoms with Crippen molar-refractivity contribution in [3.63, 3.8) is 0 Å². The molecule has 0 aliphatic rings.